The topological polar surface area (TPSA) is 74.3 Å². The van der Waals surface area contributed by atoms with Gasteiger partial charge in [0.2, 0.25) is 5.91 Å². The second-order valence-corrected chi connectivity index (χ2v) is 9.66. The van der Waals surface area contributed by atoms with Gasteiger partial charge in [-0.05, 0) is 69.6 Å². The number of carbonyl (C=O) groups excluding carboxylic acids is 2. The molecule has 1 fully saturated rings. The molecule has 0 radical (unpaired) electrons. The number of benzene rings is 1. The van der Waals surface area contributed by atoms with Gasteiger partial charge in [-0.25, -0.2) is 4.39 Å². The van der Waals surface area contributed by atoms with E-state index in [0.29, 0.717) is 17.7 Å². The van der Waals surface area contributed by atoms with Gasteiger partial charge >= 0.3 is 6.18 Å². The molecular weight excluding hydrogens is 476 g/mol. The zero-order chi connectivity index (χ0) is 26.5. The Balaban J connectivity index is 1.65. The molecule has 196 valence electrons. The Morgan fingerprint density at radius 2 is 1.89 bits per heavy atom. The van der Waals surface area contributed by atoms with E-state index in [0.717, 1.165) is 0 Å². The average molecular weight is 509 g/mol. The molecule has 1 aliphatic rings. The molecule has 0 saturated heterocycles. The molecule has 1 aromatic heterocycles. The minimum absolute atomic E-state index is 0.0520. The van der Waals surface area contributed by atoms with Crippen LogP contribution in [0.25, 0.3) is 0 Å². The Morgan fingerprint density at radius 1 is 1.17 bits per heavy atom. The number of rotatable bonds is 11. The second-order valence-electron chi connectivity index (χ2n) is 9.66. The van der Waals surface area contributed by atoms with E-state index in [2.05, 4.69) is 15.6 Å². The van der Waals surface area contributed by atoms with Crippen molar-refractivity contribution in [3.8, 4) is 0 Å². The summed E-state index contributed by atoms with van der Waals surface area (Å²) >= 11 is 0. The van der Waals surface area contributed by atoms with E-state index in [-0.39, 0.29) is 49.7 Å². The van der Waals surface area contributed by atoms with Gasteiger partial charge in [-0.3, -0.25) is 14.6 Å². The van der Waals surface area contributed by atoms with Crippen molar-refractivity contribution in [2.45, 2.75) is 50.2 Å². The van der Waals surface area contributed by atoms with Crippen LogP contribution in [-0.4, -0.2) is 61.6 Å². The van der Waals surface area contributed by atoms with Crippen molar-refractivity contribution < 1.29 is 27.2 Å². The Bertz CT molecular complexity index is 1060. The van der Waals surface area contributed by atoms with Crippen LogP contribution in [0.2, 0.25) is 0 Å². The fourth-order valence-electron chi connectivity index (χ4n) is 4.37. The van der Waals surface area contributed by atoms with Crippen LogP contribution in [0.3, 0.4) is 0 Å². The van der Waals surface area contributed by atoms with Crippen molar-refractivity contribution in [3.63, 3.8) is 0 Å². The zero-order valence-corrected chi connectivity index (χ0v) is 20.7. The van der Waals surface area contributed by atoms with Crippen LogP contribution < -0.4 is 10.6 Å². The Morgan fingerprint density at radius 3 is 2.42 bits per heavy atom. The molecule has 3 rings (SSSR count). The van der Waals surface area contributed by atoms with Crippen LogP contribution in [-0.2, 0) is 11.2 Å². The maximum atomic E-state index is 14.4. The number of nitrogens with zero attached hydrogens (tertiary/aromatic N) is 2. The molecule has 10 heteroatoms. The quantitative estimate of drug-likeness (QED) is 0.449. The third-order valence-corrected chi connectivity index (χ3v) is 6.87. The van der Waals surface area contributed by atoms with Crippen LogP contribution in [0, 0.1) is 11.2 Å². The molecule has 0 spiro atoms. The van der Waals surface area contributed by atoms with E-state index in [1.165, 1.54) is 25.4 Å². The smallest absolute Gasteiger partial charge is 0.355 e. The first-order valence-corrected chi connectivity index (χ1v) is 11.9. The molecule has 0 bridgehead atoms. The highest BCUT2D eigenvalue weighted by molar-refractivity contribution is 5.94. The van der Waals surface area contributed by atoms with Crippen molar-refractivity contribution in [1.29, 1.82) is 0 Å². The predicted molar refractivity (Wildman–Crippen MR) is 128 cm³/mol. The molecule has 2 aromatic rings. The maximum absolute atomic E-state index is 14.4. The molecule has 1 heterocycles. The summed E-state index contributed by atoms with van der Waals surface area (Å²) in [6.45, 7) is 0.226. The van der Waals surface area contributed by atoms with Crippen molar-refractivity contribution in [2.75, 3.05) is 27.7 Å². The van der Waals surface area contributed by atoms with E-state index >= 15 is 0 Å². The van der Waals surface area contributed by atoms with Crippen molar-refractivity contribution in [2.24, 2.45) is 5.41 Å². The van der Waals surface area contributed by atoms with Gasteiger partial charge in [0.15, 0.2) is 0 Å². The number of pyridine rings is 1. The molecule has 1 saturated carbocycles. The van der Waals surface area contributed by atoms with Crippen molar-refractivity contribution in [3.05, 3.63) is 65.2 Å². The Hall–Kier alpha value is -3.01. The number of hydrogen-bond donors (Lipinski definition) is 2. The molecule has 2 N–H and O–H groups in total. The molecule has 6 nitrogen and oxygen atoms in total. The lowest BCUT2D eigenvalue weighted by Crippen LogP contribution is -2.42. The van der Waals surface area contributed by atoms with Gasteiger partial charge in [0.25, 0.3) is 5.91 Å². The van der Waals surface area contributed by atoms with E-state index in [1.807, 2.05) is 19.0 Å². The summed E-state index contributed by atoms with van der Waals surface area (Å²) in [7, 11) is 5.07. The minimum atomic E-state index is -4.31. The number of nitrogens with one attached hydrogen (secondary N) is 2. The van der Waals surface area contributed by atoms with Gasteiger partial charge in [0, 0.05) is 43.9 Å². The standard InChI is InChI=1S/C26H32F4N4O2/c1-31-24(36)20-8-7-17(13-21(20)27)12-19(34(2)3)16-33-23(35)14-18(22-6-4-5-11-32-22)15-25(9-10-25)26(28,29)30/h4-8,11,13,18-19H,9-10,12,14-16H2,1-3H3,(H,31,36)(H,33,35)/t18?,19-/m0/s1. The van der Waals surface area contributed by atoms with E-state index in [4.69, 9.17) is 0 Å². The molecule has 1 aromatic carbocycles. The van der Waals surface area contributed by atoms with E-state index in [9.17, 15) is 27.2 Å². The number of amides is 2. The average Bonchev–Trinajstić information content (AvgIpc) is 3.62. The van der Waals surface area contributed by atoms with Gasteiger partial charge in [-0.1, -0.05) is 12.1 Å². The van der Waals surface area contributed by atoms with Crippen LogP contribution in [0.1, 0.15) is 53.2 Å². The second kappa shape index (κ2) is 11.4. The predicted octanol–water partition coefficient (Wildman–Crippen LogP) is 4.08. The fourth-order valence-corrected chi connectivity index (χ4v) is 4.37. The highest BCUT2D eigenvalue weighted by atomic mass is 19.4. The van der Waals surface area contributed by atoms with Gasteiger partial charge < -0.3 is 15.5 Å². The molecule has 2 atom stereocenters. The summed E-state index contributed by atoms with van der Waals surface area (Å²) in [6.07, 6.45) is -2.53. The van der Waals surface area contributed by atoms with Gasteiger partial charge in [-0.15, -0.1) is 0 Å². The molecule has 1 aliphatic carbocycles. The number of likely N-dealkylation sites (N-methyl/N-ethyl adjacent to an activating group) is 1. The summed E-state index contributed by atoms with van der Waals surface area (Å²) < 4.78 is 55.2. The fraction of sp³-hybridized carbons (Fsp3) is 0.500. The summed E-state index contributed by atoms with van der Waals surface area (Å²) in [5.41, 5.74) is -0.671. The lowest BCUT2D eigenvalue weighted by atomic mass is 9.86. The molecule has 0 aliphatic heterocycles. The summed E-state index contributed by atoms with van der Waals surface area (Å²) in [5.74, 6) is -2.17. The first kappa shape index (κ1) is 27.6. The lowest BCUT2D eigenvalue weighted by Gasteiger charge is -2.27. The van der Waals surface area contributed by atoms with E-state index in [1.54, 1.807) is 24.3 Å². The number of aromatic nitrogens is 1. The van der Waals surface area contributed by atoms with Gasteiger partial charge in [0.1, 0.15) is 5.82 Å². The molecule has 36 heavy (non-hydrogen) atoms. The molecular formula is C26H32F4N4O2. The number of hydrogen-bond acceptors (Lipinski definition) is 4. The summed E-state index contributed by atoms with van der Waals surface area (Å²) in [5, 5.41) is 5.22. The van der Waals surface area contributed by atoms with Gasteiger partial charge in [0.05, 0.1) is 11.0 Å². The van der Waals surface area contributed by atoms with Crippen molar-refractivity contribution >= 4 is 11.8 Å². The summed E-state index contributed by atoms with van der Waals surface area (Å²) in [4.78, 5) is 30.6. The SMILES string of the molecule is CNC(=O)c1ccc(C[C@@H](CNC(=O)CC(CC2(C(F)(F)F)CC2)c2ccccn2)N(C)C)cc1F. The number of alkyl halides is 3. The maximum Gasteiger partial charge on any atom is 0.394 e. The van der Waals surface area contributed by atoms with Crippen LogP contribution >= 0.6 is 0 Å². The first-order valence-electron chi connectivity index (χ1n) is 11.9. The van der Waals surface area contributed by atoms with Crippen LogP contribution in [0.5, 0.6) is 0 Å². The monoisotopic (exact) mass is 508 g/mol. The van der Waals surface area contributed by atoms with Crippen LogP contribution in [0.15, 0.2) is 42.6 Å². The highest BCUT2D eigenvalue weighted by Gasteiger charge is 2.63. The lowest BCUT2D eigenvalue weighted by molar-refractivity contribution is -0.190. The van der Waals surface area contributed by atoms with Gasteiger partial charge in [-0.2, -0.15) is 13.2 Å². The molecule has 2 amide bonds. The van der Waals surface area contributed by atoms with Crippen LogP contribution in [0.4, 0.5) is 17.6 Å². The third-order valence-electron chi connectivity index (χ3n) is 6.87. The highest BCUT2D eigenvalue weighted by Crippen LogP contribution is 2.62. The van der Waals surface area contributed by atoms with E-state index < -0.39 is 29.2 Å². The van der Waals surface area contributed by atoms with Crippen molar-refractivity contribution in [1.82, 2.24) is 20.5 Å². The zero-order valence-electron chi connectivity index (χ0n) is 20.7. The third kappa shape index (κ3) is 6.81. The normalized spacial score (nSPS) is 16.3. The number of carbonyl (C=O) groups is 2. The minimum Gasteiger partial charge on any atom is -0.355 e. The largest absolute Gasteiger partial charge is 0.394 e. The summed E-state index contributed by atoms with van der Waals surface area (Å²) in [6, 6.07) is 9.23. The first-order chi connectivity index (χ1) is 17.0. The number of halogens is 4. The molecule has 1 unspecified atom stereocenters. The Labute approximate surface area is 208 Å². The Kier molecular flexibility index (Phi) is 8.71.